The van der Waals surface area contributed by atoms with E-state index in [1.807, 2.05) is 24.3 Å². The van der Waals surface area contributed by atoms with Crippen LogP contribution in [0.1, 0.15) is 11.1 Å². The Morgan fingerprint density at radius 1 is 1.13 bits per heavy atom. The van der Waals surface area contributed by atoms with E-state index in [0.29, 0.717) is 18.5 Å². The van der Waals surface area contributed by atoms with Gasteiger partial charge in [-0.15, -0.1) is 0 Å². The summed E-state index contributed by atoms with van der Waals surface area (Å²) in [5, 5.41) is 13.7. The van der Waals surface area contributed by atoms with Crippen LogP contribution in [0.25, 0.3) is 0 Å². The Morgan fingerprint density at radius 2 is 1.78 bits per heavy atom. The SMILES string of the molecule is COc1ccccc1CCNC(=O)Cc1ccccc1[N+](=O)[O-]. The first kappa shape index (κ1) is 16.5. The average Bonchev–Trinajstić information content (AvgIpc) is 2.55. The van der Waals surface area contributed by atoms with Crippen molar-refractivity contribution in [3.8, 4) is 5.75 Å². The molecule has 0 aromatic heterocycles. The van der Waals surface area contributed by atoms with E-state index >= 15 is 0 Å². The van der Waals surface area contributed by atoms with Gasteiger partial charge in [0.15, 0.2) is 0 Å². The number of hydrogen-bond donors (Lipinski definition) is 1. The summed E-state index contributed by atoms with van der Waals surface area (Å²) in [6.45, 7) is 0.444. The number of methoxy groups -OCH3 is 1. The van der Waals surface area contributed by atoms with E-state index in [2.05, 4.69) is 5.32 Å². The van der Waals surface area contributed by atoms with Gasteiger partial charge in [-0.2, -0.15) is 0 Å². The lowest BCUT2D eigenvalue weighted by molar-refractivity contribution is -0.385. The molecule has 0 bridgehead atoms. The van der Waals surface area contributed by atoms with Gasteiger partial charge >= 0.3 is 0 Å². The fourth-order valence-electron chi connectivity index (χ4n) is 2.32. The molecule has 2 aromatic rings. The van der Waals surface area contributed by atoms with Crippen LogP contribution >= 0.6 is 0 Å². The van der Waals surface area contributed by atoms with Gasteiger partial charge in [0.2, 0.25) is 5.91 Å². The highest BCUT2D eigenvalue weighted by Gasteiger charge is 2.15. The van der Waals surface area contributed by atoms with Crippen LogP contribution in [0.2, 0.25) is 0 Å². The number of carbonyl (C=O) groups is 1. The van der Waals surface area contributed by atoms with E-state index in [1.54, 1.807) is 25.3 Å². The summed E-state index contributed by atoms with van der Waals surface area (Å²) in [6, 6.07) is 13.9. The number of carbonyl (C=O) groups excluding carboxylic acids is 1. The van der Waals surface area contributed by atoms with Crippen molar-refractivity contribution in [2.45, 2.75) is 12.8 Å². The van der Waals surface area contributed by atoms with E-state index in [1.165, 1.54) is 6.07 Å². The van der Waals surface area contributed by atoms with Crippen LogP contribution in [-0.4, -0.2) is 24.5 Å². The minimum atomic E-state index is -0.475. The second kappa shape index (κ2) is 7.93. The summed E-state index contributed by atoms with van der Waals surface area (Å²) in [5.74, 6) is 0.537. The maximum absolute atomic E-state index is 12.0. The Bertz CT molecular complexity index is 700. The Labute approximate surface area is 134 Å². The lowest BCUT2D eigenvalue weighted by Crippen LogP contribution is -2.27. The summed E-state index contributed by atoms with van der Waals surface area (Å²) in [7, 11) is 1.60. The fraction of sp³-hybridized carbons (Fsp3) is 0.235. The summed E-state index contributed by atoms with van der Waals surface area (Å²) in [5.41, 5.74) is 1.38. The van der Waals surface area contributed by atoms with Gasteiger partial charge in [-0.1, -0.05) is 36.4 Å². The summed E-state index contributed by atoms with van der Waals surface area (Å²) < 4.78 is 5.25. The van der Waals surface area contributed by atoms with Crippen molar-refractivity contribution in [3.05, 3.63) is 69.8 Å². The van der Waals surface area contributed by atoms with Crippen LogP contribution in [0.15, 0.2) is 48.5 Å². The standard InChI is InChI=1S/C17H18N2O4/c1-23-16-9-5-3-6-13(16)10-11-18-17(20)12-14-7-2-4-8-15(14)19(21)22/h2-9H,10-12H2,1H3,(H,18,20). The van der Waals surface area contributed by atoms with Crippen LogP contribution in [-0.2, 0) is 17.6 Å². The van der Waals surface area contributed by atoms with E-state index < -0.39 is 4.92 Å². The number of amides is 1. The zero-order valence-corrected chi connectivity index (χ0v) is 12.8. The molecular formula is C17H18N2O4. The number of benzene rings is 2. The second-order valence-corrected chi connectivity index (χ2v) is 4.97. The highest BCUT2D eigenvalue weighted by atomic mass is 16.6. The normalized spacial score (nSPS) is 10.1. The van der Waals surface area contributed by atoms with Crippen molar-refractivity contribution >= 4 is 11.6 Å². The first-order chi connectivity index (χ1) is 11.1. The van der Waals surface area contributed by atoms with Gasteiger partial charge < -0.3 is 10.1 Å². The van der Waals surface area contributed by atoms with E-state index in [-0.39, 0.29) is 18.0 Å². The van der Waals surface area contributed by atoms with E-state index in [9.17, 15) is 14.9 Å². The molecular weight excluding hydrogens is 296 g/mol. The van der Waals surface area contributed by atoms with Gasteiger partial charge in [0, 0.05) is 18.2 Å². The number of rotatable bonds is 7. The quantitative estimate of drug-likeness (QED) is 0.629. The lowest BCUT2D eigenvalue weighted by Gasteiger charge is -2.09. The van der Waals surface area contributed by atoms with Gasteiger partial charge in [-0.3, -0.25) is 14.9 Å². The molecule has 0 fully saturated rings. The van der Waals surface area contributed by atoms with Crippen LogP contribution in [0, 0.1) is 10.1 Å². The molecule has 6 heteroatoms. The Hall–Kier alpha value is -2.89. The van der Waals surface area contributed by atoms with Crippen molar-refractivity contribution in [1.82, 2.24) is 5.32 Å². The van der Waals surface area contributed by atoms with Crippen LogP contribution in [0.3, 0.4) is 0 Å². The average molecular weight is 314 g/mol. The van der Waals surface area contributed by atoms with Gasteiger partial charge in [0.1, 0.15) is 5.75 Å². The van der Waals surface area contributed by atoms with Gasteiger partial charge in [-0.05, 0) is 18.1 Å². The van der Waals surface area contributed by atoms with E-state index in [4.69, 9.17) is 4.74 Å². The van der Waals surface area contributed by atoms with Crippen molar-refractivity contribution in [3.63, 3.8) is 0 Å². The molecule has 0 heterocycles. The number of hydrogen-bond acceptors (Lipinski definition) is 4. The number of para-hydroxylation sites is 2. The monoisotopic (exact) mass is 314 g/mol. The topological polar surface area (TPSA) is 81.5 Å². The zero-order valence-electron chi connectivity index (χ0n) is 12.8. The maximum atomic E-state index is 12.0. The first-order valence-electron chi connectivity index (χ1n) is 7.22. The maximum Gasteiger partial charge on any atom is 0.273 e. The minimum Gasteiger partial charge on any atom is -0.496 e. The largest absolute Gasteiger partial charge is 0.496 e. The predicted octanol–water partition coefficient (Wildman–Crippen LogP) is 2.50. The summed E-state index contributed by atoms with van der Waals surface area (Å²) in [6.07, 6.45) is 0.621. The van der Waals surface area contributed by atoms with Gasteiger partial charge in [0.05, 0.1) is 18.5 Å². The van der Waals surface area contributed by atoms with Crippen molar-refractivity contribution in [2.24, 2.45) is 0 Å². The van der Waals surface area contributed by atoms with Crippen molar-refractivity contribution in [1.29, 1.82) is 0 Å². The number of nitro groups is 1. The van der Waals surface area contributed by atoms with Crippen molar-refractivity contribution < 1.29 is 14.5 Å². The molecule has 2 aromatic carbocycles. The van der Waals surface area contributed by atoms with Crippen molar-refractivity contribution in [2.75, 3.05) is 13.7 Å². The van der Waals surface area contributed by atoms with Crippen LogP contribution in [0.5, 0.6) is 5.75 Å². The molecule has 0 aliphatic heterocycles. The highest BCUT2D eigenvalue weighted by molar-refractivity contribution is 5.79. The molecule has 2 rings (SSSR count). The molecule has 6 nitrogen and oxygen atoms in total. The number of nitrogens with zero attached hydrogens (tertiary/aromatic N) is 1. The molecule has 0 spiro atoms. The lowest BCUT2D eigenvalue weighted by atomic mass is 10.1. The molecule has 120 valence electrons. The minimum absolute atomic E-state index is 0.0108. The molecule has 0 saturated heterocycles. The first-order valence-corrected chi connectivity index (χ1v) is 7.22. The molecule has 0 atom stereocenters. The summed E-state index contributed by atoms with van der Waals surface area (Å²) >= 11 is 0. The zero-order chi connectivity index (χ0) is 16.7. The highest BCUT2D eigenvalue weighted by Crippen LogP contribution is 2.19. The third kappa shape index (κ3) is 4.54. The molecule has 0 saturated carbocycles. The Morgan fingerprint density at radius 3 is 2.48 bits per heavy atom. The molecule has 1 amide bonds. The van der Waals surface area contributed by atoms with Crippen LogP contribution < -0.4 is 10.1 Å². The molecule has 0 radical (unpaired) electrons. The Balaban J connectivity index is 1.90. The second-order valence-electron chi connectivity index (χ2n) is 4.97. The summed E-state index contributed by atoms with van der Waals surface area (Å²) in [4.78, 5) is 22.4. The molecule has 0 aliphatic rings. The Kier molecular flexibility index (Phi) is 5.68. The smallest absolute Gasteiger partial charge is 0.273 e. The molecule has 23 heavy (non-hydrogen) atoms. The molecule has 1 N–H and O–H groups in total. The third-order valence-electron chi connectivity index (χ3n) is 3.45. The van der Waals surface area contributed by atoms with Crippen LogP contribution in [0.4, 0.5) is 5.69 Å². The molecule has 0 aliphatic carbocycles. The van der Waals surface area contributed by atoms with Gasteiger partial charge in [0.25, 0.3) is 5.69 Å². The molecule has 0 unspecified atom stereocenters. The number of ether oxygens (including phenoxy) is 1. The number of nitrogens with one attached hydrogen (secondary N) is 1. The fourth-order valence-corrected chi connectivity index (χ4v) is 2.32. The predicted molar refractivity (Wildman–Crippen MR) is 86.5 cm³/mol. The number of nitro benzene ring substituents is 1. The van der Waals surface area contributed by atoms with E-state index in [0.717, 1.165) is 11.3 Å². The third-order valence-corrected chi connectivity index (χ3v) is 3.45. The van der Waals surface area contributed by atoms with Gasteiger partial charge in [-0.25, -0.2) is 0 Å².